The first kappa shape index (κ1) is 19.0. The third kappa shape index (κ3) is 4.69. The van der Waals surface area contributed by atoms with Gasteiger partial charge in [-0.15, -0.1) is 11.3 Å². The van der Waals surface area contributed by atoms with Crippen LogP contribution in [0.2, 0.25) is 0 Å². The van der Waals surface area contributed by atoms with Gasteiger partial charge in [0.25, 0.3) is 0 Å². The van der Waals surface area contributed by atoms with E-state index in [1.807, 2.05) is 0 Å². The predicted molar refractivity (Wildman–Crippen MR) is 102 cm³/mol. The molecular weight excluding hydrogens is 389 g/mol. The topological polar surface area (TPSA) is 81.2 Å². The molecule has 1 aromatic carbocycles. The van der Waals surface area contributed by atoms with Crippen molar-refractivity contribution in [2.75, 3.05) is 18.2 Å². The molecule has 0 spiro atoms. The zero-order valence-corrected chi connectivity index (χ0v) is 15.8. The fraction of sp³-hybridized carbons (Fsp3) is 0.111. The number of hydrogen-bond acceptors (Lipinski definition) is 7. The molecule has 2 aromatic heterocycles. The summed E-state index contributed by atoms with van der Waals surface area (Å²) in [5.41, 5.74) is 1.46. The highest BCUT2D eigenvalue weighted by molar-refractivity contribution is 7.99. The Morgan fingerprint density at radius 3 is 2.59 bits per heavy atom. The second-order valence-electron chi connectivity index (χ2n) is 5.22. The second kappa shape index (κ2) is 8.74. The van der Waals surface area contributed by atoms with Crippen LogP contribution < -0.4 is 5.32 Å². The zero-order valence-electron chi connectivity index (χ0n) is 14.1. The van der Waals surface area contributed by atoms with Crippen molar-refractivity contribution < 1.29 is 18.7 Å². The molecule has 1 amide bonds. The van der Waals surface area contributed by atoms with Crippen LogP contribution in [0.25, 0.3) is 11.1 Å². The molecule has 0 aliphatic rings. The van der Waals surface area contributed by atoms with Gasteiger partial charge in [-0.2, -0.15) is 0 Å². The number of halogens is 1. The number of nitrogens with one attached hydrogen (secondary N) is 1. The molecule has 3 aromatic rings. The van der Waals surface area contributed by atoms with Gasteiger partial charge in [0.05, 0.1) is 12.9 Å². The molecule has 0 bridgehead atoms. The Morgan fingerprint density at radius 1 is 1.22 bits per heavy atom. The van der Waals surface area contributed by atoms with Gasteiger partial charge in [-0.05, 0) is 23.8 Å². The van der Waals surface area contributed by atoms with Crippen LogP contribution in [-0.4, -0.2) is 34.7 Å². The maximum atomic E-state index is 13.2. The highest BCUT2D eigenvalue weighted by Crippen LogP contribution is 2.36. The van der Waals surface area contributed by atoms with Gasteiger partial charge < -0.3 is 10.1 Å². The van der Waals surface area contributed by atoms with E-state index in [9.17, 15) is 14.0 Å². The van der Waals surface area contributed by atoms with Crippen LogP contribution in [0.15, 0.2) is 53.3 Å². The van der Waals surface area contributed by atoms with E-state index in [4.69, 9.17) is 4.74 Å². The van der Waals surface area contributed by atoms with E-state index in [2.05, 4.69) is 15.3 Å². The molecule has 0 unspecified atom stereocenters. The first-order chi connectivity index (χ1) is 13.1. The summed E-state index contributed by atoms with van der Waals surface area (Å²) in [5.74, 6) is -1.16. The fourth-order valence-corrected chi connectivity index (χ4v) is 3.83. The van der Waals surface area contributed by atoms with Crippen LogP contribution in [0.3, 0.4) is 0 Å². The molecular formula is C18H14FN3O3S2. The van der Waals surface area contributed by atoms with E-state index in [1.165, 1.54) is 42.3 Å². The standard InChI is InChI=1S/C18H14FN3O3S2/c1-25-17(24)15-13(11-3-5-12(19)6-4-11)9-26-16(15)22-14(23)10-27-18-20-7-2-8-21-18/h2-9H,10H2,1H3,(H,22,23). The molecule has 0 radical (unpaired) electrons. The third-order valence-corrected chi connectivity index (χ3v) is 5.23. The molecule has 27 heavy (non-hydrogen) atoms. The number of benzene rings is 1. The Hall–Kier alpha value is -2.78. The van der Waals surface area contributed by atoms with Crippen LogP contribution in [-0.2, 0) is 9.53 Å². The maximum absolute atomic E-state index is 13.2. The number of carbonyl (C=O) groups is 2. The van der Waals surface area contributed by atoms with Crippen LogP contribution >= 0.6 is 23.1 Å². The summed E-state index contributed by atoms with van der Waals surface area (Å²) in [4.78, 5) is 32.6. The average molecular weight is 403 g/mol. The van der Waals surface area contributed by atoms with E-state index in [-0.39, 0.29) is 23.0 Å². The van der Waals surface area contributed by atoms with Crippen LogP contribution in [0.4, 0.5) is 9.39 Å². The minimum atomic E-state index is -0.579. The number of rotatable bonds is 6. The number of thiophene rings is 1. The smallest absolute Gasteiger partial charge is 0.341 e. The minimum Gasteiger partial charge on any atom is -0.465 e. The van der Waals surface area contributed by atoms with Crippen molar-refractivity contribution in [1.82, 2.24) is 9.97 Å². The summed E-state index contributed by atoms with van der Waals surface area (Å²) in [5, 5.41) is 5.31. The summed E-state index contributed by atoms with van der Waals surface area (Å²) in [7, 11) is 1.27. The molecule has 0 atom stereocenters. The third-order valence-electron chi connectivity index (χ3n) is 3.46. The normalized spacial score (nSPS) is 10.4. The highest BCUT2D eigenvalue weighted by atomic mass is 32.2. The molecule has 0 aliphatic carbocycles. The van der Waals surface area contributed by atoms with E-state index in [0.717, 1.165) is 0 Å². The Morgan fingerprint density at radius 2 is 1.93 bits per heavy atom. The summed E-state index contributed by atoms with van der Waals surface area (Å²) < 4.78 is 18.0. The Bertz CT molecular complexity index is 946. The number of thioether (sulfide) groups is 1. The van der Waals surface area contributed by atoms with Crippen molar-refractivity contribution in [3.8, 4) is 11.1 Å². The lowest BCUT2D eigenvalue weighted by molar-refractivity contribution is -0.113. The van der Waals surface area contributed by atoms with Crippen molar-refractivity contribution in [3.63, 3.8) is 0 Å². The molecule has 0 saturated carbocycles. The van der Waals surface area contributed by atoms with E-state index in [1.54, 1.807) is 36.0 Å². The monoisotopic (exact) mass is 403 g/mol. The number of nitrogens with zero attached hydrogens (tertiary/aromatic N) is 2. The number of ether oxygens (including phenoxy) is 1. The van der Waals surface area contributed by atoms with Gasteiger partial charge in [0.15, 0.2) is 5.16 Å². The molecule has 138 valence electrons. The Labute approximate surface area is 162 Å². The Kier molecular flexibility index (Phi) is 6.15. The maximum Gasteiger partial charge on any atom is 0.341 e. The lowest BCUT2D eigenvalue weighted by Gasteiger charge is -2.07. The largest absolute Gasteiger partial charge is 0.465 e. The molecule has 9 heteroatoms. The number of hydrogen-bond donors (Lipinski definition) is 1. The molecule has 0 aliphatic heterocycles. The summed E-state index contributed by atoms with van der Waals surface area (Å²) in [6, 6.07) is 7.44. The first-order valence-electron chi connectivity index (χ1n) is 7.74. The first-order valence-corrected chi connectivity index (χ1v) is 9.60. The second-order valence-corrected chi connectivity index (χ2v) is 7.04. The number of aromatic nitrogens is 2. The van der Waals surface area contributed by atoms with Gasteiger partial charge in [-0.25, -0.2) is 19.2 Å². The highest BCUT2D eigenvalue weighted by Gasteiger charge is 2.22. The number of methoxy groups -OCH3 is 1. The van der Waals surface area contributed by atoms with Gasteiger partial charge in [-0.3, -0.25) is 4.79 Å². The van der Waals surface area contributed by atoms with E-state index >= 15 is 0 Å². The number of carbonyl (C=O) groups excluding carboxylic acids is 2. The summed E-state index contributed by atoms with van der Waals surface area (Å²) in [6.07, 6.45) is 3.19. The predicted octanol–water partition coefficient (Wildman–Crippen LogP) is 3.86. The molecule has 2 heterocycles. The van der Waals surface area contributed by atoms with E-state index in [0.29, 0.717) is 21.3 Å². The fourth-order valence-electron chi connectivity index (χ4n) is 2.25. The Balaban J connectivity index is 1.79. The van der Waals surface area contributed by atoms with Gasteiger partial charge in [-0.1, -0.05) is 23.9 Å². The van der Waals surface area contributed by atoms with E-state index < -0.39 is 5.97 Å². The van der Waals surface area contributed by atoms with Crippen molar-refractivity contribution >= 4 is 40.0 Å². The zero-order chi connectivity index (χ0) is 19.2. The van der Waals surface area contributed by atoms with Gasteiger partial charge in [0.1, 0.15) is 16.4 Å². The van der Waals surface area contributed by atoms with Crippen LogP contribution in [0.1, 0.15) is 10.4 Å². The molecule has 3 rings (SSSR count). The molecule has 0 fully saturated rings. The number of esters is 1. The van der Waals surface area contributed by atoms with Gasteiger partial charge >= 0.3 is 5.97 Å². The molecule has 0 saturated heterocycles. The summed E-state index contributed by atoms with van der Waals surface area (Å²) in [6.45, 7) is 0. The van der Waals surface area contributed by atoms with Crippen molar-refractivity contribution in [1.29, 1.82) is 0 Å². The minimum absolute atomic E-state index is 0.0917. The van der Waals surface area contributed by atoms with Crippen molar-refractivity contribution in [2.45, 2.75) is 5.16 Å². The lowest BCUT2D eigenvalue weighted by Crippen LogP contribution is -2.16. The quantitative estimate of drug-likeness (QED) is 0.382. The SMILES string of the molecule is COC(=O)c1c(-c2ccc(F)cc2)csc1NC(=O)CSc1ncccn1. The molecule has 1 N–H and O–H groups in total. The number of amides is 1. The van der Waals surface area contributed by atoms with Gasteiger partial charge in [0.2, 0.25) is 5.91 Å². The van der Waals surface area contributed by atoms with Crippen LogP contribution in [0.5, 0.6) is 0 Å². The average Bonchev–Trinajstić information content (AvgIpc) is 3.10. The number of anilines is 1. The summed E-state index contributed by atoms with van der Waals surface area (Å²) >= 11 is 2.39. The van der Waals surface area contributed by atoms with Crippen LogP contribution in [0, 0.1) is 5.82 Å². The lowest BCUT2D eigenvalue weighted by atomic mass is 10.0. The van der Waals surface area contributed by atoms with Crippen molar-refractivity contribution in [2.24, 2.45) is 0 Å². The van der Waals surface area contributed by atoms with Crippen molar-refractivity contribution in [3.05, 3.63) is 59.5 Å². The van der Waals surface area contributed by atoms with Gasteiger partial charge in [0, 0.05) is 23.3 Å². The molecule has 6 nitrogen and oxygen atoms in total.